The fraction of sp³-hybridized carbons (Fsp3) is 0.111. The second-order valence-electron chi connectivity index (χ2n) is 15.4. The molecule has 0 aliphatic heterocycles. The average Bonchev–Trinajstić information content (AvgIpc) is 4.13. The lowest BCUT2D eigenvalue weighted by molar-refractivity contribution is -0.119. The first kappa shape index (κ1) is 39.9. The number of hydrogen-bond donors (Lipinski definition) is 8. The number of anilines is 2. The van der Waals surface area contributed by atoms with Crippen molar-refractivity contribution in [3.63, 3.8) is 0 Å². The van der Waals surface area contributed by atoms with E-state index in [1.54, 1.807) is 87.3 Å². The molecule has 10 rings (SSSR count). The molecule has 1 atom stereocenters. The Kier molecular flexibility index (Phi) is 9.78. The molecule has 2 aromatic carbocycles. The molecule has 0 fully saturated rings. The molecule has 20 heteroatoms. The topological polar surface area (TPSA) is 311 Å². The number of nitrogens with two attached hydrogens (primary N) is 2. The molecule has 4 amide bonds. The number of carbonyl (C=O) groups is 4. The molecule has 20 nitrogen and oxygen atoms in total. The molecule has 0 saturated heterocycles. The SMILES string of the molecule is CCC(=O)Nc1ccc(-c2cnc3n[nH]c(-c4nc5c(CC(C)C(=O)Nc6cncc(-c7cnc8n[nH]c(-c9nc%10c(C(N)=O)cccc%10[nH]9)c8c7)c6)ccc(C(N)=O)c5[nH]4)c3c2)cn1. The van der Waals surface area contributed by atoms with Gasteiger partial charge in [0.1, 0.15) is 22.7 Å². The molecule has 0 radical (unpaired) electrons. The maximum absolute atomic E-state index is 13.8. The number of pyridine rings is 4. The normalized spacial score (nSPS) is 12.0. The summed E-state index contributed by atoms with van der Waals surface area (Å²) in [5.41, 5.74) is 20.0. The third kappa shape index (κ3) is 7.39. The first-order valence-electron chi connectivity index (χ1n) is 20.3. The largest absolute Gasteiger partial charge is 0.366 e. The summed E-state index contributed by atoms with van der Waals surface area (Å²) in [5, 5.41) is 21.8. The zero-order valence-corrected chi connectivity index (χ0v) is 34.5. The number of nitrogens with zero attached hydrogens (tertiary/aromatic N) is 8. The lowest BCUT2D eigenvalue weighted by Crippen LogP contribution is -2.22. The van der Waals surface area contributed by atoms with Gasteiger partial charge in [0.25, 0.3) is 11.8 Å². The highest BCUT2D eigenvalue weighted by Crippen LogP contribution is 2.33. The molecular formula is C45H36N16O4. The number of rotatable bonds is 12. The molecule has 0 aliphatic rings. The summed E-state index contributed by atoms with van der Waals surface area (Å²) < 4.78 is 0. The maximum Gasteiger partial charge on any atom is 0.250 e. The first-order chi connectivity index (χ1) is 31.5. The van der Waals surface area contributed by atoms with E-state index in [2.05, 4.69) is 65.9 Å². The number of carbonyl (C=O) groups excluding carboxylic acids is 4. The highest BCUT2D eigenvalue weighted by Gasteiger charge is 2.23. The number of primary amides is 2. The number of amides is 4. The standard InChI is InChI=1S/C45H36N16O4/c1-3-33(62)54-32-10-8-22(16-49-32)24-13-29-38(59-61-41(29)50-17-24)44-55-34-21(7-9-28(40(47)64)36(34)57-44)11-20(2)45(65)52-26-12-23(15-48-19-26)25-14-30-37(58-60-42(30)51-18-25)43-53-31-6-4-5-27(39(46)63)35(31)56-43/h4-10,12-20H,3,11H2,1-2H3,(H2,46,63)(H2,47,64)(H,52,65)(H,53,56)(H,55,57)(H,49,54,62)(H,50,59,61)(H,51,58,60). The van der Waals surface area contributed by atoms with E-state index in [-0.39, 0.29) is 23.8 Å². The minimum Gasteiger partial charge on any atom is -0.366 e. The molecule has 65 heavy (non-hydrogen) atoms. The van der Waals surface area contributed by atoms with Crippen LogP contribution in [0.2, 0.25) is 0 Å². The second-order valence-corrected chi connectivity index (χ2v) is 15.4. The number of benzene rings is 2. The van der Waals surface area contributed by atoms with Crippen LogP contribution < -0.4 is 22.1 Å². The Bertz CT molecular complexity index is 3550. The predicted molar refractivity (Wildman–Crippen MR) is 242 cm³/mol. The van der Waals surface area contributed by atoms with Crippen LogP contribution in [0.4, 0.5) is 11.5 Å². The van der Waals surface area contributed by atoms with Crippen molar-refractivity contribution in [2.45, 2.75) is 26.7 Å². The highest BCUT2D eigenvalue weighted by atomic mass is 16.2. The van der Waals surface area contributed by atoms with Gasteiger partial charge in [-0.3, -0.25) is 34.4 Å². The zero-order valence-electron chi connectivity index (χ0n) is 34.5. The minimum absolute atomic E-state index is 0.136. The van der Waals surface area contributed by atoms with Gasteiger partial charge in [-0.1, -0.05) is 26.0 Å². The van der Waals surface area contributed by atoms with Gasteiger partial charge in [0.2, 0.25) is 11.8 Å². The number of aromatic amines is 4. The Labute approximate surface area is 366 Å². The third-order valence-corrected chi connectivity index (χ3v) is 11.1. The summed E-state index contributed by atoms with van der Waals surface area (Å²) in [6, 6.07) is 17.7. The zero-order chi connectivity index (χ0) is 44.9. The molecule has 0 saturated carbocycles. The Morgan fingerprint density at radius 2 is 1.34 bits per heavy atom. The molecule has 1 unspecified atom stereocenters. The number of H-pyrrole nitrogens is 4. The van der Waals surface area contributed by atoms with Crippen molar-refractivity contribution in [1.82, 2.24) is 60.3 Å². The Morgan fingerprint density at radius 1 is 0.677 bits per heavy atom. The second kappa shape index (κ2) is 15.9. The molecule has 0 spiro atoms. The minimum atomic E-state index is -0.647. The Morgan fingerprint density at radius 3 is 2.02 bits per heavy atom. The van der Waals surface area contributed by atoms with E-state index in [4.69, 9.17) is 16.5 Å². The van der Waals surface area contributed by atoms with Crippen LogP contribution in [0.15, 0.2) is 91.6 Å². The summed E-state index contributed by atoms with van der Waals surface area (Å²) in [7, 11) is 0. The van der Waals surface area contributed by atoms with E-state index >= 15 is 0 Å². The van der Waals surface area contributed by atoms with Crippen molar-refractivity contribution in [1.29, 1.82) is 0 Å². The molecule has 320 valence electrons. The van der Waals surface area contributed by atoms with E-state index in [9.17, 15) is 19.2 Å². The van der Waals surface area contributed by atoms with Gasteiger partial charge >= 0.3 is 0 Å². The first-order valence-corrected chi connectivity index (χ1v) is 20.3. The summed E-state index contributed by atoms with van der Waals surface area (Å²) in [6.07, 6.45) is 8.81. The fourth-order valence-corrected chi connectivity index (χ4v) is 7.68. The molecular weight excluding hydrogens is 829 g/mol. The fourth-order valence-electron chi connectivity index (χ4n) is 7.68. The van der Waals surface area contributed by atoms with Gasteiger partial charge in [0, 0.05) is 59.4 Å². The Balaban J connectivity index is 0.894. The number of para-hydroxylation sites is 1. The van der Waals surface area contributed by atoms with Gasteiger partial charge in [0.05, 0.1) is 50.3 Å². The van der Waals surface area contributed by atoms with E-state index in [1.165, 1.54) is 0 Å². The van der Waals surface area contributed by atoms with Crippen molar-refractivity contribution in [3.05, 3.63) is 108 Å². The van der Waals surface area contributed by atoms with Crippen LogP contribution >= 0.6 is 0 Å². The van der Waals surface area contributed by atoms with Crippen LogP contribution in [-0.2, 0) is 16.0 Å². The quantitative estimate of drug-likeness (QED) is 0.0722. The highest BCUT2D eigenvalue weighted by molar-refractivity contribution is 6.07. The number of hydrogen-bond acceptors (Lipinski definition) is 12. The summed E-state index contributed by atoms with van der Waals surface area (Å²) >= 11 is 0. The van der Waals surface area contributed by atoms with E-state index in [1.807, 2.05) is 18.2 Å². The van der Waals surface area contributed by atoms with Crippen molar-refractivity contribution in [3.8, 4) is 45.3 Å². The smallest absolute Gasteiger partial charge is 0.250 e. The summed E-state index contributed by atoms with van der Waals surface area (Å²) in [4.78, 5) is 84.1. The number of fused-ring (bicyclic) bond motifs is 4. The van der Waals surface area contributed by atoms with Crippen LogP contribution in [0, 0.1) is 5.92 Å². The monoisotopic (exact) mass is 864 g/mol. The van der Waals surface area contributed by atoms with Crippen molar-refractivity contribution < 1.29 is 19.2 Å². The number of nitrogens with one attached hydrogen (secondary N) is 6. The van der Waals surface area contributed by atoms with Crippen molar-refractivity contribution >= 4 is 79.3 Å². The van der Waals surface area contributed by atoms with Gasteiger partial charge < -0.3 is 32.1 Å². The molecule has 8 heterocycles. The molecule has 10 N–H and O–H groups in total. The number of imidazole rings is 2. The van der Waals surface area contributed by atoms with Crippen LogP contribution in [-0.4, -0.2) is 83.9 Å². The molecule has 10 aromatic rings. The lowest BCUT2D eigenvalue weighted by atomic mass is 9.97. The van der Waals surface area contributed by atoms with Gasteiger partial charge in [-0.15, -0.1) is 0 Å². The molecule has 8 aromatic heterocycles. The van der Waals surface area contributed by atoms with Crippen LogP contribution in [0.25, 0.3) is 89.4 Å². The van der Waals surface area contributed by atoms with Gasteiger partial charge in [-0.2, -0.15) is 10.2 Å². The van der Waals surface area contributed by atoms with Crippen molar-refractivity contribution in [2.75, 3.05) is 10.6 Å². The number of aromatic nitrogens is 12. The predicted octanol–water partition coefficient (Wildman–Crippen LogP) is 5.80. The van der Waals surface area contributed by atoms with Gasteiger partial charge in [-0.25, -0.2) is 24.9 Å². The van der Waals surface area contributed by atoms with E-state index in [0.717, 1.165) is 11.1 Å². The van der Waals surface area contributed by atoms with E-state index in [0.29, 0.717) is 107 Å². The van der Waals surface area contributed by atoms with Crippen LogP contribution in [0.3, 0.4) is 0 Å². The summed E-state index contributed by atoms with van der Waals surface area (Å²) in [5.74, 6) is -0.914. The third-order valence-electron chi connectivity index (χ3n) is 11.1. The Hall–Kier alpha value is -9.20. The van der Waals surface area contributed by atoms with Gasteiger partial charge in [-0.05, 0) is 60.5 Å². The van der Waals surface area contributed by atoms with Crippen molar-refractivity contribution in [2.24, 2.45) is 17.4 Å². The average molecular weight is 865 g/mol. The summed E-state index contributed by atoms with van der Waals surface area (Å²) in [6.45, 7) is 3.56. The maximum atomic E-state index is 13.8. The van der Waals surface area contributed by atoms with Crippen LogP contribution in [0.5, 0.6) is 0 Å². The molecule has 0 bridgehead atoms. The van der Waals surface area contributed by atoms with Crippen LogP contribution in [0.1, 0.15) is 46.5 Å². The molecule has 0 aliphatic carbocycles. The van der Waals surface area contributed by atoms with E-state index < -0.39 is 17.7 Å². The van der Waals surface area contributed by atoms with Gasteiger partial charge in [0.15, 0.2) is 22.9 Å². The lowest BCUT2D eigenvalue weighted by Gasteiger charge is -2.14.